The molecule has 0 aliphatic heterocycles. The summed E-state index contributed by atoms with van der Waals surface area (Å²) in [6.07, 6.45) is 0. The van der Waals surface area contributed by atoms with E-state index in [0.29, 0.717) is 30.2 Å². The number of anilines is 3. The summed E-state index contributed by atoms with van der Waals surface area (Å²) in [5.41, 5.74) is 11.6. The predicted molar refractivity (Wildman–Crippen MR) is 259 cm³/mol. The molecule has 6 N–H and O–H groups in total. The Morgan fingerprint density at radius 2 is 0.986 bits per heavy atom. The van der Waals surface area contributed by atoms with Crippen LogP contribution in [0.1, 0.15) is 76.1 Å². The number of nitrogens with two attached hydrogens (primary N) is 2. The minimum Gasteiger partial charge on any atom is -0.493 e. The van der Waals surface area contributed by atoms with Gasteiger partial charge < -0.3 is 25.8 Å². The lowest BCUT2D eigenvalue weighted by Gasteiger charge is -2.33. The van der Waals surface area contributed by atoms with E-state index in [1.807, 2.05) is 60.3 Å². The summed E-state index contributed by atoms with van der Waals surface area (Å²) in [7, 11) is -8.69. The Kier molecular flexibility index (Phi) is 17.5. The molecule has 17 nitrogen and oxygen atoms in total. The van der Waals surface area contributed by atoms with Crippen LogP contribution in [0.2, 0.25) is 0 Å². The van der Waals surface area contributed by atoms with Gasteiger partial charge in [-0.1, -0.05) is 39.8 Å². The zero-order chi connectivity index (χ0) is 51.7. The fourth-order valence-corrected chi connectivity index (χ4v) is 8.45. The quantitative estimate of drug-likeness (QED) is 0.0636. The van der Waals surface area contributed by atoms with Crippen LogP contribution in [-0.2, 0) is 20.0 Å². The fraction of sp³-hybridized carbons (Fsp3) is 0.292. The molecule has 0 bridgehead atoms. The second-order valence-electron chi connectivity index (χ2n) is 17.1. The highest BCUT2D eigenvalue weighted by atomic mass is 32.2. The highest BCUT2D eigenvalue weighted by Crippen LogP contribution is 2.31. The molecule has 6 aromatic rings. The molecule has 2 amide bonds. The Balaban J connectivity index is 0.000000265. The molecular weight excluding hydrogens is 952 g/mol. The zero-order valence-corrected chi connectivity index (χ0v) is 41.2. The van der Waals surface area contributed by atoms with Crippen LogP contribution >= 0.6 is 0 Å². The first kappa shape index (κ1) is 53.6. The fourth-order valence-electron chi connectivity index (χ4n) is 6.57. The third-order valence-electron chi connectivity index (χ3n) is 9.57. The van der Waals surface area contributed by atoms with Crippen molar-refractivity contribution >= 4 is 49.3 Å². The van der Waals surface area contributed by atoms with Gasteiger partial charge in [-0.2, -0.15) is 21.2 Å². The van der Waals surface area contributed by atoms with Gasteiger partial charge in [-0.15, -0.1) is 0 Å². The molecule has 0 aliphatic rings. The molecule has 0 radical (unpaired) electrons. The molecule has 0 fully saturated rings. The van der Waals surface area contributed by atoms with Crippen molar-refractivity contribution in [3.63, 3.8) is 0 Å². The molecule has 0 atom stereocenters. The smallest absolute Gasteiger partial charge is 0.281 e. The van der Waals surface area contributed by atoms with E-state index >= 15 is 0 Å². The number of benzene rings is 2. The number of aromatic nitrogens is 4. The van der Waals surface area contributed by atoms with Gasteiger partial charge in [-0.05, 0) is 112 Å². The number of ether oxygens (including phenoxy) is 2. The molecule has 70 heavy (non-hydrogen) atoms. The number of amides is 2. The number of hydrogen-bond donors (Lipinski definition) is 4. The minimum absolute atomic E-state index is 0.00431. The maximum Gasteiger partial charge on any atom is 0.281 e. The summed E-state index contributed by atoms with van der Waals surface area (Å²) in [6, 6.07) is 21.3. The number of rotatable bonds is 17. The van der Waals surface area contributed by atoms with Crippen LogP contribution < -0.4 is 35.3 Å². The molecule has 0 saturated carbocycles. The molecule has 4 aromatic heterocycles. The number of nitrogens with zero attached hydrogens (tertiary/aromatic N) is 5. The SMILES string of the molecule is CC(C)COc1cc(F)cc(-c2ccc(C(=O)NS(=O)(=O)c3cccc(N)n3)c(F)n2)c1.CC(C)COc1cc(F)cc(-c2ccc(C(=O)NS(=O)(=O)c3cccc(N)n3)c(N(C(C)C)C(C)C)n2)c1. The maximum absolute atomic E-state index is 14.6. The van der Waals surface area contributed by atoms with Crippen LogP contribution in [0, 0.1) is 29.4 Å². The Hall–Kier alpha value is -7.33. The largest absolute Gasteiger partial charge is 0.493 e. The van der Waals surface area contributed by atoms with Gasteiger partial charge in [0.05, 0.1) is 35.7 Å². The van der Waals surface area contributed by atoms with Gasteiger partial charge in [0.1, 0.15) is 40.6 Å². The number of hydrogen-bond acceptors (Lipinski definition) is 15. The average molecular weight is 1010 g/mol. The summed E-state index contributed by atoms with van der Waals surface area (Å²) in [6.45, 7) is 16.4. The van der Waals surface area contributed by atoms with Gasteiger partial charge in [0, 0.05) is 35.3 Å². The molecular formula is C48H54F3N9O8S2. The van der Waals surface area contributed by atoms with E-state index in [1.165, 1.54) is 66.7 Å². The number of sulfonamides is 2. The minimum atomic E-state index is -4.39. The van der Waals surface area contributed by atoms with Crippen LogP contribution in [-0.4, -0.2) is 73.9 Å². The summed E-state index contributed by atoms with van der Waals surface area (Å²) < 4.78 is 108. The number of carbonyl (C=O) groups excluding carboxylic acids is 2. The second-order valence-corrected chi connectivity index (χ2v) is 20.4. The lowest BCUT2D eigenvalue weighted by Crippen LogP contribution is -2.40. The number of nitrogens with one attached hydrogen (secondary N) is 2. The summed E-state index contributed by atoms with van der Waals surface area (Å²) in [5.74, 6) is -3.16. The Morgan fingerprint density at radius 1 is 0.571 bits per heavy atom. The highest BCUT2D eigenvalue weighted by molar-refractivity contribution is 7.90. The van der Waals surface area contributed by atoms with Crippen molar-refractivity contribution < 1.29 is 49.1 Å². The molecule has 0 spiro atoms. The lowest BCUT2D eigenvalue weighted by molar-refractivity contribution is 0.0969. The monoisotopic (exact) mass is 1010 g/mol. The number of halogens is 3. The van der Waals surface area contributed by atoms with Crippen LogP contribution in [0.4, 0.5) is 30.6 Å². The first-order valence-corrected chi connectivity index (χ1v) is 24.7. The molecule has 2 aromatic carbocycles. The third-order valence-corrected chi connectivity index (χ3v) is 12.0. The van der Waals surface area contributed by atoms with E-state index < -0.39 is 60.0 Å². The standard InChI is InChI=1S/C27H34FN5O4S.C21H20F2N4O4S/c1-16(2)15-37-21-13-19(12-20(28)14-21)23-11-10-22(26(30-23)33(17(3)4)18(5)6)27(34)32-38(35,36)25-9-7-8-24(29)31-25;1-12(2)11-31-15-9-13(8-14(22)10-15)17-7-6-16(20(23)25-17)21(28)27-32(29,30)19-5-3-4-18(24)26-19/h7-14,16-18H,15H2,1-6H3,(H2,29,31)(H,32,34);3-10,12H,11H2,1-2H3,(H2,24,26)(H,27,28). The van der Waals surface area contributed by atoms with Crippen molar-refractivity contribution in [2.24, 2.45) is 11.8 Å². The topological polar surface area (TPSA) is 252 Å². The normalized spacial score (nSPS) is 11.6. The van der Waals surface area contributed by atoms with E-state index in [-0.39, 0.29) is 69.0 Å². The molecule has 0 saturated heterocycles. The van der Waals surface area contributed by atoms with Crippen molar-refractivity contribution in [1.82, 2.24) is 29.4 Å². The van der Waals surface area contributed by atoms with Crippen LogP contribution in [0.25, 0.3) is 22.5 Å². The molecule has 22 heteroatoms. The van der Waals surface area contributed by atoms with Gasteiger partial charge in [0.15, 0.2) is 10.1 Å². The van der Waals surface area contributed by atoms with Crippen LogP contribution in [0.3, 0.4) is 0 Å². The van der Waals surface area contributed by atoms with E-state index in [4.69, 9.17) is 25.9 Å². The van der Waals surface area contributed by atoms with E-state index in [2.05, 4.69) is 19.7 Å². The number of nitrogen functional groups attached to an aromatic ring is 2. The van der Waals surface area contributed by atoms with Crippen molar-refractivity contribution in [3.8, 4) is 34.0 Å². The Labute approximate surface area is 405 Å². The summed E-state index contributed by atoms with van der Waals surface area (Å²) >= 11 is 0. The van der Waals surface area contributed by atoms with E-state index in [9.17, 15) is 39.6 Å². The summed E-state index contributed by atoms with van der Waals surface area (Å²) in [5, 5.41) is -0.875. The highest BCUT2D eigenvalue weighted by Gasteiger charge is 2.28. The average Bonchev–Trinajstić information content (AvgIpc) is 3.27. The number of carbonyl (C=O) groups is 2. The predicted octanol–water partition coefficient (Wildman–Crippen LogP) is 7.80. The van der Waals surface area contributed by atoms with E-state index in [0.717, 1.165) is 18.2 Å². The molecule has 0 unspecified atom stereocenters. The van der Waals surface area contributed by atoms with Crippen molar-refractivity contribution in [2.75, 3.05) is 29.6 Å². The van der Waals surface area contributed by atoms with Crippen molar-refractivity contribution in [3.05, 3.63) is 126 Å². The van der Waals surface area contributed by atoms with Gasteiger partial charge in [0.2, 0.25) is 5.95 Å². The lowest BCUT2D eigenvalue weighted by atomic mass is 10.1. The molecule has 4 heterocycles. The van der Waals surface area contributed by atoms with Gasteiger partial charge in [0.25, 0.3) is 31.9 Å². The molecule has 6 rings (SSSR count). The molecule has 372 valence electrons. The van der Waals surface area contributed by atoms with Gasteiger partial charge in [-0.25, -0.2) is 38.2 Å². The van der Waals surface area contributed by atoms with Crippen LogP contribution in [0.15, 0.2) is 107 Å². The van der Waals surface area contributed by atoms with Gasteiger partial charge >= 0.3 is 0 Å². The first-order chi connectivity index (χ1) is 32.8. The Bertz CT molecular complexity index is 3080. The van der Waals surface area contributed by atoms with E-state index in [1.54, 1.807) is 16.9 Å². The maximum atomic E-state index is 14.6. The van der Waals surface area contributed by atoms with Crippen molar-refractivity contribution in [1.29, 1.82) is 0 Å². The summed E-state index contributed by atoms with van der Waals surface area (Å²) in [4.78, 5) is 43.3. The zero-order valence-electron chi connectivity index (χ0n) is 39.6. The third kappa shape index (κ3) is 14.4. The Morgan fingerprint density at radius 3 is 1.39 bits per heavy atom. The van der Waals surface area contributed by atoms with Gasteiger partial charge in [-0.3, -0.25) is 9.59 Å². The first-order valence-electron chi connectivity index (χ1n) is 21.8. The van der Waals surface area contributed by atoms with Crippen molar-refractivity contribution in [2.45, 2.75) is 77.5 Å². The second kappa shape index (κ2) is 22.9. The molecule has 0 aliphatic carbocycles. The van der Waals surface area contributed by atoms with Crippen LogP contribution in [0.5, 0.6) is 11.5 Å². The number of pyridine rings is 4.